The van der Waals surface area contributed by atoms with Gasteiger partial charge in [0.15, 0.2) is 0 Å². The average Bonchev–Trinajstić information content (AvgIpc) is 3.16. The minimum Gasteiger partial charge on any atom is -0.496 e. The van der Waals surface area contributed by atoms with Crippen molar-refractivity contribution in [1.82, 2.24) is 15.0 Å². The van der Waals surface area contributed by atoms with Crippen molar-refractivity contribution < 1.29 is 27.5 Å². The number of pyridine rings is 1. The van der Waals surface area contributed by atoms with Crippen LogP contribution in [0.15, 0.2) is 28.8 Å². The first-order valence-corrected chi connectivity index (χ1v) is 10.1. The van der Waals surface area contributed by atoms with E-state index >= 15 is 0 Å². The van der Waals surface area contributed by atoms with Crippen molar-refractivity contribution in [3.05, 3.63) is 52.3 Å². The van der Waals surface area contributed by atoms with Crippen LogP contribution in [0.4, 0.5) is 13.2 Å². The molecule has 0 spiro atoms. The summed E-state index contributed by atoms with van der Waals surface area (Å²) in [4.78, 5) is 6.34. The fraction of sp³-hybridized carbons (Fsp3) is 0.455. The van der Waals surface area contributed by atoms with E-state index in [-0.39, 0.29) is 29.3 Å². The zero-order valence-corrected chi connectivity index (χ0v) is 17.4. The van der Waals surface area contributed by atoms with Crippen LogP contribution in [0.25, 0.3) is 11.1 Å². The van der Waals surface area contributed by atoms with Gasteiger partial charge in [-0.3, -0.25) is 4.90 Å². The van der Waals surface area contributed by atoms with E-state index < -0.39 is 11.7 Å². The van der Waals surface area contributed by atoms with Crippen LogP contribution in [0, 0.1) is 6.92 Å². The van der Waals surface area contributed by atoms with Gasteiger partial charge in [0.2, 0.25) is 0 Å². The Kier molecular flexibility index (Phi) is 5.90. The number of rotatable bonds is 5. The second kappa shape index (κ2) is 8.47. The van der Waals surface area contributed by atoms with Crippen molar-refractivity contribution >= 4 is 11.1 Å². The summed E-state index contributed by atoms with van der Waals surface area (Å²) in [5.74, 6) is 0.527. The predicted octanol–water partition coefficient (Wildman–Crippen LogP) is 4.43. The van der Waals surface area contributed by atoms with E-state index in [1.54, 1.807) is 7.11 Å². The summed E-state index contributed by atoms with van der Waals surface area (Å²) < 4.78 is 51.2. The van der Waals surface area contributed by atoms with Crippen LogP contribution < -0.4 is 4.74 Å². The van der Waals surface area contributed by atoms with Crippen LogP contribution >= 0.6 is 0 Å². The third-order valence-corrected chi connectivity index (χ3v) is 5.80. The highest BCUT2D eigenvalue weighted by molar-refractivity contribution is 5.81. The molecule has 4 rings (SSSR count). The maximum Gasteiger partial charge on any atom is 0.417 e. The number of nitrogens with zero attached hydrogens (tertiary/aromatic N) is 3. The van der Waals surface area contributed by atoms with Crippen LogP contribution in [0.3, 0.4) is 0 Å². The molecule has 9 heteroatoms. The summed E-state index contributed by atoms with van der Waals surface area (Å²) in [5.41, 5.74) is 1.59. The molecule has 0 radical (unpaired) electrons. The molecule has 31 heavy (non-hydrogen) atoms. The average molecular weight is 435 g/mol. The van der Waals surface area contributed by atoms with Gasteiger partial charge in [-0.05, 0) is 56.6 Å². The van der Waals surface area contributed by atoms with Crippen molar-refractivity contribution in [2.24, 2.45) is 0 Å². The van der Waals surface area contributed by atoms with Crippen LogP contribution in [-0.2, 0) is 19.3 Å². The quantitative estimate of drug-likeness (QED) is 0.639. The highest BCUT2D eigenvalue weighted by Crippen LogP contribution is 2.40. The van der Waals surface area contributed by atoms with Gasteiger partial charge in [-0.1, -0.05) is 11.2 Å². The molecule has 0 atom stereocenters. The molecule has 1 fully saturated rings. The molecule has 0 bridgehead atoms. The first-order chi connectivity index (χ1) is 14.8. The Morgan fingerprint density at radius 3 is 2.61 bits per heavy atom. The van der Waals surface area contributed by atoms with Gasteiger partial charge < -0.3 is 14.4 Å². The van der Waals surface area contributed by atoms with Gasteiger partial charge in [-0.25, -0.2) is 4.98 Å². The molecule has 0 amide bonds. The number of methoxy groups -OCH3 is 1. The lowest BCUT2D eigenvalue weighted by atomic mass is 9.90. The number of benzene rings is 1. The number of hydrogen-bond donors (Lipinski definition) is 1. The number of aliphatic hydroxyl groups is 1. The highest BCUT2D eigenvalue weighted by Gasteiger charge is 2.37. The zero-order valence-electron chi connectivity index (χ0n) is 17.4. The number of hydrogen-bond acceptors (Lipinski definition) is 6. The van der Waals surface area contributed by atoms with Gasteiger partial charge in [0.05, 0.1) is 30.4 Å². The minimum atomic E-state index is -4.49. The standard InChI is InChI=1S/C22H24F3N3O3/c1-13-9-17(22(23,24)25)19-20(27-31-21(19)26-13)15-5-7-28(8-6-15)11-14-3-4-18(30-2)16(10-14)12-29/h3-4,9-10,15,29H,5-8,11-12H2,1-2H3. The van der Waals surface area contributed by atoms with E-state index in [9.17, 15) is 18.3 Å². The van der Waals surface area contributed by atoms with Crippen LogP contribution in [-0.4, -0.2) is 40.3 Å². The van der Waals surface area contributed by atoms with Crippen molar-refractivity contribution in [3.63, 3.8) is 0 Å². The van der Waals surface area contributed by atoms with Gasteiger partial charge >= 0.3 is 6.18 Å². The summed E-state index contributed by atoms with van der Waals surface area (Å²) in [7, 11) is 1.56. The second-order valence-electron chi connectivity index (χ2n) is 7.91. The van der Waals surface area contributed by atoms with Crippen LogP contribution in [0.1, 0.15) is 46.8 Å². The minimum absolute atomic E-state index is 0.0145. The second-order valence-corrected chi connectivity index (χ2v) is 7.91. The van der Waals surface area contributed by atoms with Gasteiger partial charge in [-0.15, -0.1) is 0 Å². The number of aromatic nitrogens is 2. The summed E-state index contributed by atoms with van der Waals surface area (Å²) in [6.45, 7) is 3.54. The topological polar surface area (TPSA) is 71.6 Å². The molecule has 0 aliphatic carbocycles. The van der Waals surface area contributed by atoms with Crippen LogP contribution in [0.2, 0.25) is 0 Å². The Morgan fingerprint density at radius 1 is 1.23 bits per heavy atom. The Bertz CT molecular complexity index is 1070. The number of fused-ring (bicyclic) bond motifs is 1. The van der Waals surface area contributed by atoms with E-state index in [4.69, 9.17) is 9.26 Å². The van der Waals surface area contributed by atoms with Crippen molar-refractivity contribution in [2.45, 2.75) is 45.0 Å². The van der Waals surface area contributed by atoms with Crippen molar-refractivity contribution in [1.29, 1.82) is 0 Å². The molecule has 1 saturated heterocycles. The predicted molar refractivity (Wildman–Crippen MR) is 108 cm³/mol. The summed E-state index contributed by atoms with van der Waals surface area (Å²) in [5, 5.41) is 13.5. The zero-order chi connectivity index (χ0) is 22.2. The molecular formula is C22H24F3N3O3. The summed E-state index contributed by atoms with van der Waals surface area (Å²) in [6, 6.07) is 6.77. The van der Waals surface area contributed by atoms with Gasteiger partial charge in [-0.2, -0.15) is 13.2 Å². The Morgan fingerprint density at radius 2 is 1.97 bits per heavy atom. The fourth-order valence-electron chi connectivity index (χ4n) is 4.28. The largest absolute Gasteiger partial charge is 0.496 e. The third-order valence-electron chi connectivity index (χ3n) is 5.80. The Balaban J connectivity index is 1.50. The van der Waals surface area contributed by atoms with E-state index in [0.29, 0.717) is 30.8 Å². The van der Waals surface area contributed by atoms with Crippen molar-refractivity contribution in [2.75, 3.05) is 20.2 Å². The SMILES string of the molecule is COc1ccc(CN2CCC(c3noc4nc(C)cc(C(F)(F)F)c34)CC2)cc1CO. The van der Waals surface area contributed by atoms with E-state index in [1.165, 1.54) is 6.92 Å². The van der Waals surface area contributed by atoms with E-state index in [2.05, 4.69) is 15.0 Å². The maximum absolute atomic E-state index is 13.6. The Labute approximate surface area is 177 Å². The molecule has 1 aromatic carbocycles. The molecule has 1 aliphatic heterocycles. The molecule has 0 unspecified atom stereocenters. The molecule has 3 heterocycles. The first-order valence-electron chi connectivity index (χ1n) is 10.1. The molecule has 6 nitrogen and oxygen atoms in total. The Hall–Kier alpha value is -2.65. The van der Waals surface area contributed by atoms with Gasteiger partial charge in [0.25, 0.3) is 5.71 Å². The lowest BCUT2D eigenvalue weighted by molar-refractivity contribution is -0.136. The van der Waals surface area contributed by atoms with E-state index in [0.717, 1.165) is 30.3 Å². The van der Waals surface area contributed by atoms with Crippen LogP contribution in [0.5, 0.6) is 5.75 Å². The number of ether oxygens (including phenoxy) is 1. The highest BCUT2D eigenvalue weighted by atomic mass is 19.4. The normalized spacial score (nSPS) is 16.2. The molecule has 2 aromatic heterocycles. The molecule has 0 saturated carbocycles. The first kappa shape index (κ1) is 21.6. The molecule has 1 aliphatic rings. The fourth-order valence-corrected chi connectivity index (χ4v) is 4.28. The number of aliphatic hydroxyl groups excluding tert-OH is 1. The number of piperidine rings is 1. The number of aryl methyl sites for hydroxylation is 1. The molecular weight excluding hydrogens is 411 g/mol. The number of alkyl halides is 3. The maximum atomic E-state index is 13.6. The lowest BCUT2D eigenvalue weighted by Crippen LogP contribution is -2.32. The van der Waals surface area contributed by atoms with Crippen molar-refractivity contribution in [3.8, 4) is 5.75 Å². The monoisotopic (exact) mass is 435 g/mol. The molecule has 1 N–H and O–H groups in total. The van der Waals surface area contributed by atoms with E-state index in [1.807, 2.05) is 18.2 Å². The molecule has 3 aromatic rings. The number of halogens is 3. The number of likely N-dealkylation sites (tertiary alicyclic amines) is 1. The summed E-state index contributed by atoms with van der Waals surface area (Å²) in [6.07, 6.45) is -3.14. The summed E-state index contributed by atoms with van der Waals surface area (Å²) >= 11 is 0. The van der Waals surface area contributed by atoms with Gasteiger partial charge in [0.1, 0.15) is 5.75 Å². The smallest absolute Gasteiger partial charge is 0.417 e. The lowest BCUT2D eigenvalue weighted by Gasteiger charge is -2.31. The third kappa shape index (κ3) is 4.38. The molecule has 166 valence electrons. The van der Waals surface area contributed by atoms with Gasteiger partial charge in [0, 0.05) is 23.7 Å².